The van der Waals surface area contributed by atoms with Crippen LogP contribution < -0.4 is 16.0 Å². The summed E-state index contributed by atoms with van der Waals surface area (Å²) in [6.45, 7) is 4.53. The Bertz CT molecular complexity index is 792. The van der Waals surface area contributed by atoms with E-state index in [0.717, 1.165) is 43.6 Å². The van der Waals surface area contributed by atoms with Crippen molar-refractivity contribution in [3.63, 3.8) is 0 Å². The van der Waals surface area contributed by atoms with E-state index in [9.17, 15) is 0 Å². The molecule has 0 bridgehead atoms. The van der Waals surface area contributed by atoms with Crippen LogP contribution >= 0.6 is 0 Å². The summed E-state index contributed by atoms with van der Waals surface area (Å²) < 4.78 is 0. The predicted octanol–water partition coefficient (Wildman–Crippen LogP) is 2.96. The lowest BCUT2D eigenvalue weighted by Gasteiger charge is -2.31. The molecule has 3 atom stereocenters. The Morgan fingerprint density at radius 2 is 1.70 bits per heavy atom. The molecule has 27 heavy (non-hydrogen) atoms. The maximum absolute atomic E-state index is 6.20. The van der Waals surface area contributed by atoms with Crippen LogP contribution in [-0.4, -0.2) is 36.1 Å². The molecule has 1 aromatic carbocycles. The second kappa shape index (κ2) is 7.12. The van der Waals surface area contributed by atoms with Crippen LogP contribution in [0.15, 0.2) is 30.3 Å². The topological polar surface area (TPSA) is 67.1 Å². The van der Waals surface area contributed by atoms with Crippen LogP contribution in [0.25, 0.3) is 0 Å². The molecule has 3 aliphatic rings. The van der Waals surface area contributed by atoms with Crippen LogP contribution in [-0.2, 0) is 6.42 Å². The highest BCUT2D eigenvalue weighted by molar-refractivity contribution is 5.55. The number of anilines is 2. The Hall–Kier alpha value is -2.14. The molecule has 142 valence electrons. The van der Waals surface area contributed by atoms with E-state index in [2.05, 4.69) is 40.5 Å². The van der Waals surface area contributed by atoms with Crippen LogP contribution in [0.5, 0.6) is 0 Å². The Morgan fingerprint density at radius 1 is 0.963 bits per heavy atom. The number of benzene rings is 1. The first kappa shape index (κ1) is 17.0. The molecular formula is C22H29N5. The van der Waals surface area contributed by atoms with E-state index in [1.54, 1.807) is 0 Å². The molecule has 5 nitrogen and oxygen atoms in total. The molecule has 5 heteroatoms. The number of nitrogen functional groups attached to an aromatic ring is 1. The Morgan fingerprint density at radius 3 is 2.44 bits per heavy atom. The SMILES string of the molecule is Nc1nc2c(c(N3CCC4CNCC4CC3)n1)CCCC2c1ccccc1. The molecule has 1 aliphatic carbocycles. The zero-order chi connectivity index (χ0) is 18.2. The number of nitrogens with two attached hydrogens (primary N) is 1. The van der Waals surface area contributed by atoms with Gasteiger partial charge in [-0.15, -0.1) is 0 Å². The van der Waals surface area contributed by atoms with E-state index in [1.807, 2.05) is 0 Å². The average Bonchev–Trinajstić information content (AvgIpc) is 3.06. The molecule has 1 aromatic heterocycles. The van der Waals surface area contributed by atoms with Crippen LogP contribution in [0.1, 0.15) is 48.4 Å². The van der Waals surface area contributed by atoms with Crippen LogP contribution in [0, 0.1) is 11.8 Å². The summed E-state index contributed by atoms with van der Waals surface area (Å²) in [6, 6.07) is 10.8. The van der Waals surface area contributed by atoms with Gasteiger partial charge in [-0.2, -0.15) is 4.98 Å². The van der Waals surface area contributed by atoms with Gasteiger partial charge < -0.3 is 16.0 Å². The quantitative estimate of drug-likeness (QED) is 0.859. The van der Waals surface area contributed by atoms with E-state index in [-0.39, 0.29) is 0 Å². The Labute approximate surface area is 161 Å². The van der Waals surface area contributed by atoms with Crippen molar-refractivity contribution >= 4 is 11.8 Å². The van der Waals surface area contributed by atoms with Gasteiger partial charge in [-0.3, -0.25) is 0 Å². The highest BCUT2D eigenvalue weighted by atomic mass is 15.2. The minimum atomic E-state index is 0.342. The van der Waals surface area contributed by atoms with E-state index in [0.29, 0.717) is 11.9 Å². The van der Waals surface area contributed by atoms with Gasteiger partial charge in [-0.25, -0.2) is 4.98 Å². The van der Waals surface area contributed by atoms with Gasteiger partial charge in [-0.1, -0.05) is 30.3 Å². The number of nitrogens with zero attached hydrogens (tertiary/aromatic N) is 3. The smallest absolute Gasteiger partial charge is 0.222 e. The van der Waals surface area contributed by atoms with Crippen molar-refractivity contribution in [2.45, 2.75) is 38.0 Å². The molecule has 3 N–H and O–H groups in total. The molecule has 3 unspecified atom stereocenters. The lowest BCUT2D eigenvalue weighted by molar-refractivity contribution is 0.409. The van der Waals surface area contributed by atoms with Gasteiger partial charge in [0.25, 0.3) is 0 Å². The van der Waals surface area contributed by atoms with Gasteiger partial charge >= 0.3 is 0 Å². The summed E-state index contributed by atoms with van der Waals surface area (Å²) in [5.74, 6) is 3.53. The van der Waals surface area contributed by atoms with Gasteiger partial charge in [0.15, 0.2) is 0 Å². The van der Waals surface area contributed by atoms with Crippen LogP contribution in [0.4, 0.5) is 11.8 Å². The maximum atomic E-state index is 6.20. The zero-order valence-electron chi connectivity index (χ0n) is 15.9. The molecule has 2 aliphatic heterocycles. The van der Waals surface area contributed by atoms with E-state index >= 15 is 0 Å². The summed E-state index contributed by atoms with van der Waals surface area (Å²) >= 11 is 0. The monoisotopic (exact) mass is 363 g/mol. The molecule has 2 saturated heterocycles. The van der Waals surface area contributed by atoms with Gasteiger partial charge in [0.05, 0.1) is 5.69 Å². The summed E-state index contributed by atoms with van der Waals surface area (Å²) in [7, 11) is 0. The fraction of sp³-hybridized carbons (Fsp3) is 0.545. The van der Waals surface area contributed by atoms with Crippen molar-refractivity contribution in [3.8, 4) is 0 Å². The van der Waals surface area contributed by atoms with Crippen molar-refractivity contribution in [2.24, 2.45) is 11.8 Å². The van der Waals surface area contributed by atoms with Crippen molar-refractivity contribution in [1.82, 2.24) is 15.3 Å². The molecular weight excluding hydrogens is 334 g/mol. The third kappa shape index (κ3) is 3.18. The maximum Gasteiger partial charge on any atom is 0.222 e. The highest BCUT2D eigenvalue weighted by Gasteiger charge is 2.33. The molecule has 5 rings (SSSR count). The summed E-state index contributed by atoms with van der Waals surface area (Å²) in [5.41, 5.74) is 10.1. The third-order valence-electron chi connectivity index (χ3n) is 6.81. The number of aromatic nitrogens is 2. The number of hydrogen-bond donors (Lipinski definition) is 2. The van der Waals surface area contributed by atoms with Crippen molar-refractivity contribution in [3.05, 3.63) is 47.2 Å². The van der Waals surface area contributed by atoms with Crippen molar-refractivity contribution < 1.29 is 0 Å². The van der Waals surface area contributed by atoms with Gasteiger partial charge in [0.1, 0.15) is 5.82 Å². The first-order valence-electron chi connectivity index (χ1n) is 10.5. The number of nitrogens with one attached hydrogen (secondary N) is 1. The van der Waals surface area contributed by atoms with E-state index in [4.69, 9.17) is 15.7 Å². The zero-order valence-corrected chi connectivity index (χ0v) is 15.9. The fourth-order valence-electron chi connectivity index (χ4n) is 5.36. The fourth-order valence-corrected chi connectivity index (χ4v) is 5.36. The lowest BCUT2D eigenvalue weighted by Crippen LogP contribution is -2.30. The molecule has 0 radical (unpaired) electrons. The minimum Gasteiger partial charge on any atom is -0.368 e. The first-order valence-corrected chi connectivity index (χ1v) is 10.5. The third-order valence-corrected chi connectivity index (χ3v) is 6.81. The second-order valence-electron chi connectivity index (χ2n) is 8.37. The van der Waals surface area contributed by atoms with Gasteiger partial charge in [-0.05, 0) is 62.6 Å². The van der Waals surface area contributed by atoms with Crippen LogP contribution in [0.3, 0.4) is 0 Å². The summed E-state index contributed by atoms with van der Waals surface area (Å²) in [4.78, 5) is 12.0. The molecule has 0 amide bonds. The number of fused-ring (bicyclic) bond motifs is 2. The van der Waals surface area contributed by atoms with Crippen LogP contribution in [0.2, 0.25) is 0 Å². The predicted molar refractivity (Wildman–Crippen MR) is 109 cm³/mol. The Kier molecular flexibility index (Phi) is 4.48. The first-order chi connectivity index (χ1) is 13.3. The molecule has 0 spiro atoms. The van der Waals surface area contributed by atoms with E-state index in [1.165, 1.54) is 49.2 Å². The molecule has 2 fully saturated rings. The van der Waals surface area contributed by atoms with E-state index < -0.39 is 0 Å². The standard InChI is InChI=1S/C22H29N5/c23-22-25-20-18(15-5-2-1-3-6-15)7-4-8-19(20)21(26-22)27-11-9-16-13-24-14-17(16)10-12-27/h1-3,5-6,16-18,24H,4,7-14H2,(H2,23,25,26). The van der Waals surface area contributed by atoms with Crippen molar-refractivity contribution in [1.29, 1.82) is 0 Å². The number of rotatable bonds is 2. The normalized spacial score (nSPS) is 27.7. The lowest BCUT2D eigenvalue weighted by atomic mass is 9.82. The minimum absolute atomic E-state index is 0.342. The largest absolute Gasteiger partial charge is 0.368 e. The number of hydrogen-bond acceptors (Lipinski definition) is 5. The molecule has 3 heterocycles. The average molecular weight is 364 g/mol. The van der Waals surface area contributed by atoms with Crippen molar-refractivity contribution in [2.75, 3.05) is 36.8 Å². The Balaban J connectivity index is 1.50. The second-order valence-corrected chi connectivity index (χ2v) is 8.37. The van der Waals surface area contributed by atoms with Gasteiger partial charge in [0.2, 0.25) is 5.95 Å². The molecule has 2 aromatic rings. The summed E-state index contributed by atoms with van der Waals surface area (Å²) in [6.07, 6.45) is 5.90. The highest BCUT2D eigenvalue weighted by Crippen LogP contribution is 2.40. The summed E-state index contributed by atoms with van der Waals surface area (Å²) in [5, 5.41) is 3.57. The molecule has 0 saturated carbocycles. The van der Waals surface area contributed by atoms with Gasteiger partial charge in [0, 0.05) is 24.6 Å².